The van der Waals surface area contributed by atoms with Gasteiger partial charge in [0.05, 0.1) is 18.7 Å². The minimum Gasteiger partial charge on any atom is -0.354 e. The smallest absolute Gasteiger partial charge is 0.354 e. The fourth-order valence-electron chi connectivity index (χ4n) is 4.17. The molecule has 144 valence electrons. The number of likely N-dealkylation sites (N-methyl/N-ethyl adjacent to an activating group) is 1. The van der Waals surface area contributed by atoms with Crippen LogP contribution in [0.3, 0.4) is 0 Å². The molecule has 2 heterocycles. The van der Waals surface area contributed by atoms with Gasteiger partial charge in [0.25, 0.3) is 0 Å². The molecule has 28 heavy (non-hydrogen) atoms. The molecular weight excluding hydrogens is 374 g/mol. The molecule has 2 aliphatic heterocycles. The van der Waals surface area contributed by atoms with Gasteiger partial charge in [-0.25, -0.2) is 9.59 Å². The Hall–Kier alpha value is -2.47. The lowest BCUT2D eigenvalue weighted by Crippen LogP contribution is -2.56. The molecule has 5 nitrogen and oxygen atoms in total. The molecule has 2 atom stereocenters. The van der Waals surface area contributed by atoms with Gasteiger partial charge in [0.15, 0.2) is 5.70 Å². The Morgan fingerprint density at radius 3 is 2.50 bits per heavy atom. The van der Waals surface area contributed by atoms with Gasteiger partial charge in [-0.2, -0.15) is 4.48 Å². The van der Waals surface area contributed by atoms with E-state index in [0.717, 1.165) is 12.1 Å². The van der Waals surface area contributed by atoms with Crippen molar-refractivity contribution in [3.8, 4) is 0 Å². The van der Waals surface area contributed by atoms with Crippen LogP contribution in [0.25, 0.3) is 0 Å². The maximum Gasteiger partial charge on any atom is 0.375 e. The van der Waals surface area contributed by atoms with Crippen molar-refractivity contribution in [3.05, 3.63) is 77.0 Å². The first-order chi connectivity index (χ1) is 13.6. The predicted octanol–water partition coefficient (Wildman–Crippen LogP) is 3.26. The van der Waals surface area contributed by atoms with Gasteiger partial charge in [-0.05, 0) is 24.6 Å². The molecule has 0 spiro atoms. The lowest BCUT2D eigenvalue weighted by Gasteiger charge is -2.38. The Morgan fingerprint density at radius 2 is 1.82 bits per heavy atom. The van der Waals surface area contributed by atoms with Crippen LogP contribution in [-0.4, -0.2) is 42.9 Å². The predicted molar refractivity (Wildman–Crippen MR) is 111 cm³/mol. The van der Waals surface area contributed by atoms with Crippen molar-refractivity contribution in [3.63, 3.8) is 0 Å². The molecule has 2 amide bonds. The number of halogens is 1. The molecule has 0 bridgehead atoms. The largest absolute Gasteiger partial charge is 0.375 e. The van der Waals surface area contributed by atoms with Gasteiger partial charge >= 0.3 is 11.8 Å². The summed E-state index contributed by atoms with van der Waals surface area (Å²) in [6.07, 6.45) is 1.53. The number of nitrogens with one attached hydrogen (secondary N) is 1. The van der Waals surface area contributed by atoms with Crippen molar-refractivity contribution >= 4 is 29.1 Å². The zero-order chi connectivity index (χ0) is 19.7. The minimum absolute atomic E-state index is 0.0263. The maximum atomic E-state index is 13.6. The third-order valence-electron chi connectivity index (χ3n) is 5.68. The highest BCUT2D eigenvalue weighted by molar-refractivity contribution is 6.30. The number of carbonyl (C=O) groups is 2. The van der Waals surface area contributed by atoms with Crippen LogP contribution < -0.4 is 9.80 Å². The van der Waals surface area contributed by atoms with Gasteiger partial charge in [-0.15, -0.1) is 0 Å². The molecule has 1 saturated heterocycles. The van der Waals surface area contributed by atoms with Crippen molar-refractivity contribution < 1.29 is 9.59 Å². The van der Waals surface area contributed by atoms with Gasteiger partial charge in [0, 0.05) is 36.8 Å². The summed E-state index contributed by atoms with van der Waals surface area (Å²) < 4.78 is -0.284. The van der Waals surface area contributed by atoms with Gasteiger partial charge < -0.3 is 10.2 Å². The number of hydrogen-bond acceptors (Lipinski definition) is 4. The molecule has 0 aromatic heterocycles. The van der Waals surface area contributed by atoms with Crippen LogP contribution in [0.1, 0.15) is 18.5 Å². The van der Waals surface area contributed by atoms with Crippen molar-refractivity contribution in [1.82, 2.24) is 14.7 Å². The van der Waals surface area contributed by atoms with Gasteiger partial charge in [-0.1, -0.05) is 41.9 Å². The minimum atomic E-state index is -0.284. The molecule has 0 radical (unpaired) electrons. The van der Waals surface area contributed by atoms with E-state index < -0.39 is 0 Å². The van der Waals surface area contributed by atoms with E-state index in [1.807, 2.05) is 61.5 Å². The highest BCUT2D eigenvalue weighted by atomic mass is 35.5. The zero-order valence-electron chi connectivity index (χ0n) is 15.8. The number of quaternary nitrogens is 1. The van der Waals surface area contributed by atoms with E-state index in [-0.39, 0.29) is 22.3 Å². The number of imide groups is 1. The Labute approximate surface area is 169 Å². The monoisotopic (exact) mass is 396 g/mol. The second-order valence-corrected chi connectivity index (χ2v) is 7.54. The maximum absolute atomic E-state index is 13.6. The van der Waals surface area contributed by atoms with E-state index in [1.165, 1.54) is 6.08 Å². The number of amides is 2. The lowest BCUT2D eigenvalue weighted by molar-refractivity contribution is -0.136. The van der Waals surface area contributed by atoms with E-state index in [9.17, 15) is 9.59 Å². The van der Waals surface area contributed by atoms with Crippen LogP contribution in [0.15, 0.2) is 66.4 Å². The molecule has 1 fully saturated rings. The van der Waals surface area contributed by atoms with Crippen LogP contribution >= 0.6 is 11.6 Å². The van der Waals surface area contributed by atoms with Crippen molar-refractivity contribution in [2.75, 3.05) is 26.2 Å². The number of benzene rings is 2. The highest BCUT2D eigenvalue weighted by Crippen LogP contribution is 2.36. The molecule has 2 aromatic carbocycles. The quantitative estimate of drug-likeness (QED) is 0.636. The normalized spacial score (nSPS) is 25.1. The van der Waals surface area contributed by atoms with E-state index in [2.05, 4.69) is 10.2 Å². The first kappa shape index (κ1) is 18.9. The summed E-state index contributed by atoms with van der Waals surface area (Å²) in [5.74, 6) is -0.332. The Morgan fingerprint density at radius 1 is 1.11 bits per heavy atom. The molecule has 4 rings (SSSR count). The van der Waals surface area contributed by atoms with E-state index >= 15 is 0 Å². The zero-order valence-corrected chi connectivity index (χ0v) is 16.5. The number of para-hydroxylation sites is 1. The third-order valence-corrected chi connectivity index (χ3v) is 5.93. The number of nitrogens with zero attached hydrogens (tertiary/aromatic N) is 2. The van der Waals surface area contributed by atoms with Gasteiger partial charge in [0.2, 0.25) is 0 Å². The standard InChI is InChI=1S/C22H23ClN3O2/c1-2-26(18-6-4-3-5-7-18)21(27)14-19(22(26)28)25-13-12-24-15-20(25)16-8-10-17(23)11-9-16/h3-11,14,20,24H,2,12-13,15H2,1H3/q+1. The fourth-order valence-corrected chi connectivity index (χ4v) is 4.30. The van der Waals surface area contributed by atoms with Crippen molar-refractivity contribution in [2.45, 2.75) is 13.0 Å². The van der Waals surface area contributed by atoms with Gasteiger partial charge in [0.1, 0.15) is 5.69 Å². The number of hydrogen-bond donors (Lipinski definition) is 1. The summed E-state index contributed by atoms with van der Waals surface area (Å²) in [6.45, 7) is 4.41. The fraction of sp³-hybridized carbons (Fsp3) is 0.273. The number of rotatable bonds is 4. The van der Waals surface area contributed by atoms with E-state index in [1.54, 1.807) is 0 Å². The first-order valence-electron chi connectivity index (χ1n) is 9.55. The van der Waals surface area contributed by atoms with Crippen molar-refractivity contribution in [1.29, 1.82) is 0 Å². The summed E-state index contributed by atoms with van der Waals surface area (Å²) in [7, 11) is 0. The number of carbonyl (C=O) groups excluding carboxylic acids is 2. The summed E-state index contributed by atoms with van der Waals surface area (Å²) in [5, 5.41) is 4.07. The second kappa shape index (κ2) is 7.51. The molecule has 6 heteroatoms. The molecule has 0 saturated carbocycles. The molecule has 1 N–H and O–H groups in total. The van der Waals surface area contributed by atoms with E-state index in [4.69, 9.17) is 11.6 Å². The van der Waals surface area contributed by atoms with Gasteiger partial charge in [-0.3, -0.25) is 0 Å². The highest BCUT2D eigenvalue weighted by Gasteiger charge is 2.53. The first-order valence-corrected chi connectivity index (χ1v) is 9.93. The molecule has 2 aliphatic rings. The summed E-state index contributed by atoms with van der Waals surface area (Å²) in [4.78, 5) is 28.8. The summed E-state index contributed by atoms with van der Waals surface area (Å²) >= 11 is 6.04. The van der Waals surface area contributed by atoms with Crippen LogP contribution in [0, 0.1) is 0 Å². The molecule has 2 aromatic rings. The second-order valence-electron chi connectivity index (χ2n) is 7.10. The Balaban J connectivity index is 1.72. The summed E-state index contributed by atoms with van der Waals surface area (Å²) in [6, 6.07) is 17.0. The summed E-state index contributed by atoms with van der Waals surface area (Å²) in [5.41, 5.74) is 2.28. The lowest BCUT2D eigenvalue weighted by atomic mass is 10.0. The van der Waals surface area contributed by atoms with Crippen LogP contribution in [0.4, 0.5) is 5.69 Å². The van der Waals surface area contributed by atoms with E-state index in [0.29, 0.717) is 36.0 Å². The Bertz CT molecular complexity index is 927. The Kier molecular flexibility index (Phi) is 5.06. The third kappa shape index (κ3) is 2.96. The topological polar surface area (TPSA) is 49.4 Å². The average molecular weight is 397 g/mol. The average Bonchev–Trinajstić information content (AvgIpc) is 3.00. The molecular formula is C22H23ClN3O2+. The molecule has 2 unspecified atom stereocenters. The SMILES string of the molecule is CC[N+]1(c2ccccc2)C(=O)C=C(N2CCNCC2c2ccc(Cl)cc2)C1=O. The van der Waals surface area contributed by atoms with Crippen LogP contribution in [-0.2, 0) is 9.59 Å². The number of piperazine rings is 1. The van der Waals surface area contributed by atoms with Crippen LogP contribution in [0.5, 0.6) is 0 Å². The molecule has 0 aliphatic carbocycles. The van der Waals surface area contributed by atoms with Crippen molar-refractivity contribution in [2.24, 2.45) is 0 Å². The van der Waals surface area contributed by atoms with Crippen LogP contribution in [0.2, 0.25) is 5.02 Å².